The monoisotopic (exact) mass is 381 g/mol. The SMILES string of the molecule is O=C(CCN1Cc2ccccc2C1=O)N1C[C@@H]2CC[C@H](C1)N(CC1CCC1)C2. The maximum absolute atomic E-state index is 13.0. The van der Waals surface area contributed by atoms with Gasteiger partial charge >= 0.3 is 0 Å². The van der Waals surface area contributed by atoms with Gasteiger partial charge in [-0.1, -0.05) is 24.6 Å². The van der Waals surface area contributed by atoms with Crippen LogP contribution in [-0.2, 0) is 11.3 Å². The maximum atomic E-state index is 13.0. The molecule has 2 bridgehead atoms. The summed E-state index contributed by atoms with van der Waals surface area (Å²) in [5.41, 5.74) is 1.88. The Morgan fingerprint density at radius 3 is 2.68 bits per heavy atom. The molecule has 6 rings (SSSR count). The second kappa shape index (κ2) is 7.51. The van der Waals surface area contributed by atoms with Crippen LogP contribution in [0.3, 0.4) is 0 Å². The van der Waals surface area contributed by atoms with E-state index in [1.54, 1.807) is 0 Å². The molecular weight excluding hydrogens is 350 g/mol. The van der Waals surface area contributed by atoms with E-state index >= 15 is 0 Å². The summed E-state index contributed by atoms with van der Waals surface area (Å²) in [6.07, 6.45) is 7.13. The summed E-state index contributed by atoms with van der Waals surface area (Å²) in [6, 6.07) is 8.33. The van der Waals surface area contributed by atoms with Gasteiger partial charge in [0.05, 0.1) is 0 Å². The standard InChI is InChI=1S/C23H31N3O2/c27-22(10-11-24-15-19-6-1-2-7-21(19)23(24)28)26-14-18-8-9-20(16-26)25(13-18)12-17-4-3-5-17/h1-2,6-7,17-18,20H,3-5,8-16H2/t18-,20-/m1/s1. The summed E-state index contributed by atoms with van der Waals surface area (Å²) in [6.45, 7) is 5.38. The number of hydrogen-bond donors (Lipinski definition) is 0. The molecule has 4 aliphatic heterocycles. The third-order valence-electron chi connectivity index (χ3n) is 7.39. The van der Waals surface area contributed by atoms with Crippen LogP contribution in [0.5, 0.6) is 0 Å². The number of fused-ring (bicyclic) bond motifs is 5. The third kappa shape index (κ3) is 3.45. The van der Waals surface area contributed by atoms with Crippen molar-refractivity contribution in [2.75, 3.05) is 32.7 Å². The van der Waals surface area contributed by atoms with E-state index < -0.39 is 0 Å². The number of hydrogen-bond acceptors (Lipinski definition) is 3. The molecule has 1 saturated carbocycles. The Hall–Kier alpha value is -1.88. The lowest BCUT2D eigenvalue weighted by molar-refractivity contribution is -0.131. The summed E-state index contributed by atoms with van der Waals surface area (Å²) in [7, 11) is 0. The van der Waals surface area contributed by atoms with Gasteiger partial charge in [0.15, 0.2) is 0 Å². The van der Waals surface area contributed by atoms with Crippen LogP contribution < -0.4 is 0 Å². The van der Waals surface area contributed by atoms with Crippen molar-refractivity contribution in [3.8, 4) is 0 Å². The molecule has 0 spiro atoms. The predicted molar refractivity (Wildman–Crippen MR) is 108 cm³/mol. The fourth-order valence-electron chi connectivity index (χ4n) is 5.50. The lowest BCUT2D eigenvalue weighted by atomic mass is 9.83. The highest BCUT2D eigenvalue weighted by molar-refractivity contribution is 5.98. The van der Waals surface area contributed by atoms with E-state index in [-0.39, 0.29) is 11.8 Å². The minimum absolute atomic E-state index is 0.0750. The van der Waals surface area contributed by atoms with Crippen molar-refractivity contribution >= 4 is 11.8 Å². The highest BCUT2D eigenvalue weighted by Crippen LogP contribution is 2.33. The van der Waals surface area contributed by atoms with Gasteiger partial charge in [0.25, 0.3) is 5.91 Å². The predicted octanol–water partition coefficient (Wildman–Crippen LogP) is 2.76. The molecule has 1 aromatic carbocycles. The van der Waals surface area contributed by atoms with Gasteiger partial charge < -0.3 is 9.80 Å². The number of piperidine rings is 1. The maximum Gasteiger partial charge on any atom is 0.254 e. The molecule has 1 aromatic rings. The van der Waals surface area contributed by atoms with Gasteiger partial charge in [-0.05, 0) is 49.1 Å². The molecule has 28 heavy (non-hydrogen) atoms. The van der Waals surface area contributed by atoms with Crippen molar-refractivity contribution in [1.82, 2.24) is 14.7 Å². The smallest absolute Gasteiger partial charge is 0.254 e. The van der Waals surface area contributed by atoms with E-state index in [1.807, 2.05) is 29.2 Å². The van der Waals surface area contributed by atoms with Crippen LogP contribution in [-0.4, -0.2) is 65.3 Å². The molecule has 5 heteroatoms. The Bertz CT molecular complexity index is 760. The Morgan fingerprint density at radius 2 is 1.89 bits per heavy atom. The number of carbonyl (C=O) groups is 2. The molecule has 1 aliphatic carbocycles. The molecule has 5 aliphatic rings. The molecule has 4 fully saturated rings. The van der Waals surface area contributed by atoms with Gasteiger partial charge in [-0.2, -0.15) is 0 Å². The Labute approximate surface area is 167 Å². The van der Waals surface area contributed by atoms with E-state index in [0.29, 0.717) is 31.5 Å². The Kier molecular flexibility index (Phi) is 4.87. The van der Waals surface area contributed by atoms with Crippen molar-refractivity contribution in [2.45, 2.75) is 51.1 Å². The summed E-state index contributed by atoms with van der Waals surface area (Å²) in [4.78, 5) is 32.1. The van der Waals surface area contributed by atoms with Crippen LogP contribution in [0.1, 0.15) is 54.4 Å². The Balaban J connectivity index is 1.17. The second-order valence-electron chi connectivity index (χ2n) is 9.28. The van der Waals surface area contributed by atoms with Crippen molar-refractivity contribution in [3.63, 3.8) is 0 Å². The van der Waals surface area contributed by atoms with Crippen molar-refractivity contribution in [2.24, 2.45) is 11.8 Å². The largest absolute Gasteiger partial charge is 0.341 e. The minimum atomic E-state index is 0.0750. The van der Waals surface area contributed by atoms with E-state index in [4.69, 9.17) is 0 Å². The summed E-state index contributed by atoms with van der Waals surface area (Å²) in [5.74, 6) is 1.82. The average Bonchev–Trinajstić information content (AvgIpc) is 2.82. The van der Waals surface area contributed by atoms with Crippen molar-refractivity contribution < 1.29 is 9.59 Å². The van der Waals surface area contributed by atoms with E-state index in [0.717, 1.165) is 30.1 Å². The summed E-state index contributed by atoms with van der Waals surface area (Å²) >= 11 is 0. The number of amides is 2. The van der Waals surface area contributed by atoms with Crippen LogP contribution >= 0.6 is 0 Å². The normalized spacial score (nSPS) is 27.6. The van der Waals surface area contributed by atoms with E-state index in [9.17, 15) is 9.59 Å². The molecular formula is C23H31N3O2. The minimum Gasteiger partial charge on any atom is -0.341 e. The molecule has 2 atom stereocenters. The Morgan fingerprint density at radius 1 is 1.04 bits per heavy atom. The van der Waals surface area contributed by atoms with Gasteiger partial charge in [0.2, 0.25) is 5.91 Å². The summed E-state index contributed by atoms with van der Waals surface area (Å²) in [5, 5.41) is 0. The highest BCUT2D eigenvalue weighted by atomic mass is 16.2. The molecule has 5 nitrogen and oxygen atoms in total. The van der Waals surface area contributed by atoms with Gasteiger partial charge in [0, 0.05) is 57.3 Å². The molecule has 150 valence electrons. The average molecular weight is 382 g/mol. The zero-order chi connectivity index (χ0) is 19.1. The molecule has 0 radical (unpaired) electrons. The third-order valence-corrected chi connectivity index (χ3v) is 7.39. The van der Waals surface area contributed by atoms with Crippen molar-refractivity contribution in [1.29, 1.82) is 0 Å². The molecule has 4 heterocycles. The van der Waals surface area contributed by atoms with Gasteiger partial charge in [-0.3, -0.25) is 14.5 Å². The fraction of sp³-hybridized carbons (Fsp3) is 0.652. The lowest BCUT2D eigenvalue weighted by Gasteiger charge is -2.40. The first-order chi connectivity index (χ1) is 13.7. The van der Waals surface area contributed by atoms with Gasteiger partial charge in [-0.25, -0.2) is 0 Å². The number of nitrogens with zero attached hydrogens (tertiary/aromatic N) is 3. The number of benzene rings is 1. The lowest BCUT2D eigenvalue weighted by Crippen LogP contribution is -2.47. The van der Waals surface area contributed by atoms with Crippen molar-refractivity contribution in [3.05, 3.63) is 35.4 Å². The highest BCUT2D eigenvalue weighted by Gasteiger charge is 2.38. The first-order valence-electron chi connectivity index (χ1n) is 11.1. The second-order valence-corrected chi connectivity index (χ2v) is 9.28. The fourth-order valence-corrected chi connectivity index (χ4v) is 5.50. The topological polar surface area (TPSA) is 43.9 Å². The first kappa shape index (κ1) is 18.2. The van der Waals surface area contributed by atoms with E-state index in [2.05, 4.69) is 9.80 Å². The van der Waals surface area contributed by atoms with Crippen LogP contribution in [0.4, 0.5) is 0 Å². The van der Waals surface area contributed by atoms with E-state index in [1.165, 1.54) is 45.2 Å². The molecule has 0 N–H and O–H groups in total. The molecule has 3 saturated heterocycles. The zero-order valence-corrected chi connectivity index (χ0v) is 16.7. The van der Waals surface area contributed by atoms with Gasteiger partial charge in [-0.15, -0.1) is 0 Å². The molecule has 0 aromatic heterocycles. The first-order valence-corrected chi connectivity index (χ1v) is 11.1. The molecule has 0 unspecified atom stereocenters. The van der Waals surface area contributed by atoms with Crippen LogP contribution in [0.2, 0.25) is 0 Å². The quantitative estimate of drug-likeness (QED) is 0.788. The summed E-state index contributed by atoms with van der Waals surface area (Å²) < 4.78 is 0. The molecule has 2 amide bonds. The zero-order valence-electron chi connectivity index (χ0n) is 16.7. The van der Waals surface area contributed by atoms with Gasteiger partial charge in [0.1, 0.15) is 0 Å². The number of rotatable bonds is 5. The number of carbonyl (C=O) groups excluding carboxylic acids is 2. The van der Waals surface area contributed by atoms with Crippen LogP contribution in [0.15, 0.2) is 24.3 Å². The van der Waals surface area contributed by atoms with Crippen LogP contribution in [0, 0.1) is 11.8 Å². The van der Waals surface area contributed by atoms with Crippen LogP contribution in [0.25, 0.3) is 0 Å².